The van der Waals surface area contributed by atoms with Crippen molar-refractivity contribution in [2.24, 2.45) is 0 Å². The molecule has 4 nitrogen and oxygen atoms in total. The van der Waals surface area contributed by atoms with Gasteiger partial charge in [-0.05, 0) is 51.2 Å². The van der Waals surface area contributed by atoms with Crippen LogP contribution in [0, 0.1) is 0 Å². The number of amides is 2. The van der Waals surface area contributed by atoms with Crippen molar-refractivity contribution in [1.82, 2.24) is 10.6 Å². The molecule has 2 rings (SSSR count). The van der Waals surface area contributed by atoms with Crippen LogP contribution in [0.15, 0.2) is 24.3 Å². The molecule has 1 aliphatic carbocycles. The van der Waals surface area contributed by atoms with Crippen LogP contribution in [0.3, 0.4) is 0 Å². The van der Waals surface area contributed by atoms with Crippen LogP contribution < -0.4 is 10.6 Å². The second-order valence-electron chi connectivity index (χ2n) is 6.60. The first-order chi connectivity index (χ1) is 9.30. The average Bonchev–Trinajstić information content (AvgIpc) is 2.35. The van der Waals surface area contributed by atoms with Crippen LogP contribution in [0.4, 0.5) is 4.79 Å². The van der Waals surface area contributed by atoms with E-state index < -0.39 is 5.60 Å². The highest BCUT2D eigenvalue weighted by atomic mass is 16.3. The van der Waals surface area contributed by atoms with E-state index in [1.54, 1.807) is 0 Å². The van der Waals surface area contributed by atoms with E-state index in [9.17, 15) is 9.90 Å². The molecule has 1 aromatic carbocycles. The van der Waals surface area contributed by atoms with Crippen molar-refractivity contribution in [3.05, 3.63) is 35.4 Å². The minimum Gasteiger partial charge on any atom is -0.383 e. The number of carbonyl (C=O) groups excluding carboxylic acids is 1. The Morgan fingerprint density at radius 2 is 2.05 bits per heavy atom. The number of benzene rings is 1. The van der Waals surface area contributed by atoms with Crippen molar-refractivity contribution < 1.29 is 9.90 Å². The van der Waals surface area contributed by atoms with Gasteiger partial charge in [-0.1, -0.05) is 24.3 Å². The number of aliphatic hydroxyl groups is 1. The summed E-state index contributed by atoms with van der Waals surface area (Å²) in [5.74, 6) is 0. The van der Waals surface area contributed by atoms with E-state index in [4.69, 9.17) is 0 Å². The first-order valence-corrected chi connectivity index (χ1v) is 7.17. The van der Waals surface area contributed by atoms with E-state index in [1.165, 1.54) is 5.56 Å². The van der Waals surface area contributed by atoms with Gasteiger partial charge in [0.25, 0.3) is 0 Å². The topological polar surface area (TPSA) is 61.4 Å². The molecule has 0 fully saturated rings. The van der Waals surface area contributed by atoms with Crippen molar-refractivity contribution >= 4 is 6.03 Å². The average molecular weight is 276 g/mol. The summed E-state index contributed by atoms with van der Waals surface area (Å²) in [6, 6.07) is 7.69. The molecule has 1 aliphatic rings. The Kier molecular flexibility index (Phi) is 4.04. The Labute approximate surface area is 120 Å². The molecule has 110 valence electrons. The quantitative estimate of drug-likeness (QED) is 0.776. The Bertz CT molecular complexity index is 493. The van der Waals surface area contributed by atoms with Gasteiger partial charge >= 0.3 is 6.03 Å². The van der Waals surface area contributed by atoms with Crippen molar-refractivity contribution in [3.63, 3.8) is 0 Å². The molecule has 1 aromatic rings. The normalized spacial score (nSPS) is 22.0. The first-order valence-electron chi connectivity index (χ1n) is 7.17. The third kappa shape index (κ3) is 3.51. The highest BCUT2D eigenvalue weighted by molar-refractivity contribution is 5.74. The number of nitrogens with one attached hydrogen (secondary N) is 2. The van der Waals surface area contributed by atoms with E-state index in [-0.39, 0.29) is 18.1 Å². The summed E-state index contributed by atoms with van der Waals surface area (Å²) in [5.41, 5.74) is 0.892. The molecule has 0 radical (unpaired) electrons. The summed E-state index contributed by atoms with van der Waals surface area (Å²) < 4.78 is 0. The lowest BCUT2D eigenvalue weighted by Crippen LogP contribution is -2.50. The molecule has 1 unspecified atom stereocenters. The maximum Gasteiger partial charge on any atom is 0.315 e. The summed E-state index contributed by atoms with van der Waals surface area (Å²) in [6.45, 7) is 6.03. The molecule has 0 saturated heterocycles. The van der Waals surface area contributed by atoms with Gasteiger partial charge in [-0.3, -0.25) is 0 Å². The number of aryl methyl sites for hydroxylation is 1. The van der Waals surface area contributed by atoms with Gasteiger partial charge in [0.05, 0.1) is 6.54 Å². The second-order valence-corrected chi connectivity index (χ2v) is 6.60. The van der Waals surface area contributed by atoms with Crippen LogP contribution in [0.5, 0.6) is 0 Å². The molecule has 1 atom stereocenters. The molecule has 2 amide bonds. The summed E-state index contributed by atoms with van der Waals surface area (Å²) >= 11 is 0. The number of carbonyl (C=O) groups is 1. The lowest BCUT2D eigenvalue weighted by atomic mass is 9.79. The van der Waals surface area contributed by atoms with Gasteiger partial charge in [0, 0.05) is 5.54 Å². The minimum atomic E-state index is -0.954. The van der Waals surface area contributed by atoms with Crippen LogP contribution in [-0.4, -0.2) is 23.2 Å². The predicted molar refractivity (Wildman–Crippen MR) is 79.6 cm³/mol. The number of rotatable bonds is 2. The molecule has 4 heteroatoms. The van der Waals surface area contributed by atoms with Crippen molar-refractivity contribution in [2.45, 2.75) is 51.2 Å². The summed E-state index contributed by atoms with van der Waals surface area (Å²) in [6.07, 6.45) is 2.61. The van der Waals surface area contributed by atoms with E-state index in [1.807, 2.05) is 39.0 Å². The fourth-order valence-electron chi connectivity index (χ4n) is 2.69. The Balaban J connectivity index is 2.04. The van der Waals surface area contributed by atoms with E-state index in [2.05, 4.69) is 16.7 Å². The number of urea groups is 1. The first kappa shape index (κ1) is 14.9. The molecular weight excluding hydrogens is 252 g/mol. The van der Waals surface area contributed by atoms with Gasteiger partial charge < -0.3 is 15.7 Å². The fourth-order valence-corrected chi connectivity index (χ4v) is 2.69. The zero-order valence-electron chi connectivity index (χ0n) is 12.5. The Morgan fingerprint density at radius 1 is 1.35 bits per heavy atom. The second kappa shape index (κ2) is 5.44. The third-order valence-electron chi connectivity index (χ3n) is 3.59. The number of fused-ring (bicyclic) bond motifs is 1. The zero-order valence-corrected chi connectivity index (χ0v) is 12.5. The van der Waals surface area contributed by atoms with Crippen LogP contribution >= 0.6 is 0 Å². The maximum atomic E-state index is 11.8. The van der Waals surface area contributed by atoms with Gasteiger partial charge in [-0.15, -0.1) is 0 Å². The zero-order chi connectivity index (χ0) is 14.8. The molecule has 0 spiro atoms. The molecule has 0 aliphatic heterocycles. The van der Waals surface area contributed by atoms with Crippen molar-refractivity contribution in [2.75, 3.05) is 6.54 Å². The fraction of sp³-hybridized carbons (Fsp3) is 0.562. The van der Waals surface area contributed by atoms with Crippen LogP contribution in [-0.2, 0) is 12.0 Å². The maximum absolute atomic E-state index is 11.8. The minimum absolute atomic E-state index is 0.242. The lowest BCUT2D eigenvalue weighted by molar-refractivity contribution is 0.0215. The Hall–Kier alpha value is -1.55. The molecule has 0 saturated carbocycles. The third-order valence-corrected chi connectivity index (χ3v) is 3.59. The van der Waals surface area contributed by atoms with Crippen molar-refractivity contribution in [1.29, 1.82) is 0 Å². The molecule has 3 N–H and O–H groups in total. The summed E-state index contributed by atoms with van der Waals surface area (Å²) in [4.78, 5) is 11.8. The highest BCUT2D eigenvalue weighted by Crippen LogP contribution is 2.34. The molecule has 0 heterocycles. The van der Waals surface area contributed by atoms with Gasteiger partial charge in [0.1, 0.15) is 5.60 Å². The lowest BCUT2D eigenvalue weighted by Gasteiger charge is -2.35. The smallest absolute Gasteiger partial charge is 0.315 e. The van der Waals surface area contributed by atoms with Crippen LogP contribution in [0.25, 0.3) is 0 Å². The van der Waals surface area contributed by atoms with Gasteiger partial charge in [-0.2, -0.15) is 0 Å². The number of hydrogen-bond acceptors (Lipinski definition) is 2. The molecule has 0 bridgehead atoms. The van der Waals surface area contributed by atoms with E-state index >= 15 is 0 Å². The molecule has 0 aromatic heterocycles. The SMILES string of the molecule is CC(C)(C)NC(=O)NCC1(O)CCCc2ccccc21. The van der Waals surface area contributed by atoms with Gasteiger partial charge in [-0.25, -0.2) is 4.79 Å². The molecule has 20 heavy (non-hydrogen) atoms. The van der Waals surface area contributed by atoms with Crippen LogP contribution in [0.1, 0.15) is 44.7 Å². The Morgan fingerprint density at radius 3 is 2.75 bits per heavy atom. The van der Waals surface area contributed by atoms with Gasteiger partial charge in [0.2, 0.25) is 0 Å². The highest BCUT2D eigenvalue weighted by Gasteiger charge is 2.34. The van der Waals surface area contributed by atoms with E-state index in [0.29, 0.717) is 6.42 Å². The summed E-state index contributed by atoms with van der Waals surface area (Å²) in [5, 5.41) is 16.5. The van der Waals surface area contributed by atoms with Crippen molar-refractivity contribution in [3.8, 4) is 0 Å². The molecular formula is C16H24N2O2. The van der Waals surface area contributed by atoms with E-state index in [0.717, 1.165) is 18.4 Å². The predicted octanol–water partition coefficient (Wildman–Crippen LogP) is 2.31. The summed E-state index contributed by atoms with van der Waals surface area (Å²) in [7, 11) is 0. The van der Waals surface area contributed by atoms with Gasteiger partial charge in [0.15, 0.2) is 0 Å². The number of hydrogen-bond donors (Lipinski definition) is 3. The monoisotopic (exact) mass is 276 g/mol. The standard InChI is InChI=1S/C16H24N2O2/c1-15(2,3)18-14(19)17-11-16(20)10-6-8-12-7-4-5-9-13(12)16/h4-5,7,9,20H,6,8,10-11H2,1-3H3,(H2,17,18,19). The largest absolute Gasteiger partial charge is 0.383 e. The van der Waals surface area contributed by atoms with Crippen LogP contribution in [0.2, 0.25) is 0 Å².